The van der Waals surface area contributed by atoms with Gasteiger partial charge in [0.2, 0.25) is 0 Å². The van der Waals surface area contributed by atoms with Crippen molar-refractivity contribution in [3.63, 3.8) is 0 Å². The number of benzene rings is 3. The van der Waals surface area contributed by atoms with Crippen molar-refractivity contribution in [2.24, 2.45) is 0 Å². The first-order valence-corrected chi connectivity index (χ1v) is 14.3. The molecule has 2 aliphatic heterocycles. The van der Waals surface area contributed by atoms with E-state index in [-0.39, 0.29) is 10.8 Å². The minimum Gasteiger partial charge on any atom is -0.508 e. The van der Waals surface area contributed by atoms with Crippen molar-refractivity contribution in [2.45, 2.75) is 51.6 Å². The van der Waals surface area contributed by atoms with E-state index in [4.69, 9.17) is 14.2 Å². The topological polar surface area (TPSA) is 72.0 Å². The molecule has 6 heteroatoms. The standard InChI is InChI=1S/C25H28O2.C5H11NO.C4H9NO/c1-24(2,18-9-13-22(26)14-10-18)20-7-6-8-21(17-20)25(3,4)19-11-15-23(27-5)16-12-19;1-5-4-6-2-3-7-5;1-3-6-4-2-5-1/h6-17,26H,1-5H3;5-6H,2-4H2,1H3;5H,1-4H2/t;5-;/m.1./s1. The third-order valence-electron chi connectivity index (χ3n) is 7.67. The van der Waals surface area contributed by atoms with Crippen LogP contribution in [-0.4, -0.2) is 64.3 Å². The Kier molecular flexibility index (Phi) is 12.0. The van der Waals surface area contributed by atoms with Crippen LogP contribution in [0.25, 0.3) is 0 Å². The van der Waals surface area contributed by atoms with E-state index in [0.717, 1.165) is 51.7 Å². The fourth-order valence-corrected chi connectivity index (χ4v) is 4.73. The van der Waals surface area contributed by atoms with Gasteiger partial charge >= 0.3 is 0 Å². The summed E-state index contributed by atoms with van der Waals surface area (Å²) in [6.07, 6.45) is 0.425. The van der Waals surface area contributed by atoms with Gasteiger partial charge in [-0.15, -0.1) is 0 Å². The summed E-state index contributed by atoms with van der Waals surface area (Å²) in [7, 11) is 1.69. The van der Waals surface area contributed by atoms with Gasteiger partial charge in [0.05, 0.1) is 33.0 Å². The zero-order valence-corrected chi connectivity index (χ0v) is 25.1. The van der Waals surface area contributed by atoms with Gasteiger partial charge in [0, 0.05) is 37.0 Å². The fraction of sp³-hybridized carbons (Fsp3) is 0.471. The SMILES string of the molecule is C1COCCN1.COc1ccc(C(C)(C)c2cccc(C(C)(C)c3ccc(O)cc3)c2)cc1.C[C@@H]1CNCCO1. The normalized spacial score (nSPS) is 17.5. The van der Waals surface area contributed by atoms with Crippen molar-refractivity contribution in [3.8, 4) is 11.5 Å². The van der Waals surface area contributed by atoms with Gasteiger partial charge in [-0.05, 0) is 53.4 Å². The second kappa shape index (κ2) is 15.2. The Bertz CT molecular complexity index is 1120. The van der Waals surface area contributed by atoms with E-state index in [1.54, 1.807) is 19.2 Å². The summed E-state index contributed by atoms with van der Waals surface area (Å²) < 4.78 is 15.5. The Balaban J connectivity index is 0.000000275. The quantitative estimate of drug-likeness (QED) is 0.383. The number of phenols is 1. The summed E-state index contributed by atoms with van der Waals surface area (Å²) >= 11 is 0. The minimum atomic E-state index is -0.153. The summed E-state index contributed by atoms with van der Waals surface area (Å²) in [4.78, 5) is 0. The average molecular weight is 549 g/mol. The van der Waals surface area contributed by atoms with E-state index in [0.29, 0.717) is 11.9 Å². The summed E-state index contributed by atoms with van der Waals surface area (Å²) in [5.41, 5.74) is 4.69. The lowest BCUT2D eigenvalue weighted by molar-refractivity contribution is 0.0410. The molecule has 2 fully saturated rings. The molecule has 2 aliphatic rings. The van der Waals surface area contributed by atoms with Crippen LogP contribution in [0, 0.1) is 0 Å². The second-order valence-corrected chi connectivity index (χ2v) is 11.4. The number of rotatable bonds is 5. The Morgan fingerprint density at radius 2 is 1.25 bits per heavy atom. The molecule has 0 amide bonds. The summed E-state index contributed by atoms with van der Waals surface area (Å²) in [6.45, 7) is 17.8. The first-order valence-electron chi connectivity index (χ1n) is 14.3. The van der Waals surface area contributed by atoms with Gasteiger partial charge < -0.3 is 30.0 Å². The zero-order chi connectivity index (χ0) is 29.0. The maximum atomic E-state index is 9.60. The summed E-state index contributed by atoms with van der Waals surface area (Å²) in [6, 6.07) is 24.6. The molecule has 0 unspecified atom stereocenters. The van der Waals surface area contributed by atoms with Crippen LogP contribution in [0.1, 0.15) is 56.9 Å². The van der Waals surface area contributed by atoms with Crippen molar-refractivity contribution in [1.82, 2.24) is 10.6 Å². The predicted octanol–water partition coefficient (Wildman–Crippen LogP) is 5.65. The molecule has 0 aromatic heterocycles. The number of hydrogen-bond acceptors (Lipinski definition) is 6. The molecule has 2 heterocycles. The maximum absolute atomic E-state index is 9.60. The van der Waals surface area contributed by atoms with Gasteiger partial charge in [0.15, 0.2) is 0 Å². The minimum absolute atomic E-state index is 0.118. The van der Waals surface area contributed by atoms with Crippen molar-refractivity contribution < 1.29 is 19.3 Å². The highest BCUT2D eigenvalue weighted by Gasteiger charge is 2.27. The lowest BCUT2D eigenvalue weighted by atomic mass is 9.73. The van der Waals surface area contributed by atoms with Gasteiger partial charge in [0.25, 0.3) is 0 Å². The summed E-state index contributed by atoms with van der Waals surface area (Å²) in [5.74, 6) is 1.17. The van der Waals surface area contributed by atoms with Crippen LogP contribution in [0.15, 0.2) is 72.8 Å². The lowest BCUT2D eigenvalue weighted by Crippen LogP contribution is -2.36. The molecule has 3 aromatic carbocycles. The third-order valence-corrected chi connectivity index (χ3v) is 7.67. The Morgan fingerprint density at radius 1 is 0.725 bits per heavy atom. The number of morpholine rings is 2. The molecule has 1 atom stereocenters. The van der Waals surface area contributed by atoms with E-state index in [9.17, 15) is 5.11 Å². The number of aromatic hydroxyl groups is 1. The van der Waals surface area contributed by atoms with Crippen LogP contribution in [0.2, 0.25) is 0 Å². The van der Waals surface area contributed by atoms with Crippen molar-refractivity contribution in [3.05, 3.63) is 95.1 Å². The molecule has 0 radical (unpaired) electrons. The molecular weight excluding hydrogens is 500 g/mol. The van der Waals surface area contributed by atoms with Crippen LogP contribution in [0.3, 0.4) is 0 Å². The Labute approximate surface area is 241 Å². The number of methoxy groups -OCH3 is 1. The zero-order valence-electron chi connectivity index (χ0n) is 25.1. The van der Waals surface area contributed by atoms with Crippen molar-refractivity contribution in [2.75, 3.05) is 53.1 Å². The van der Waals surface area contributed by atoms with Crippen LogP contribution in [-0.2, 0) is 20.3 Å². The van der Waals surface area contributed by atoms with Gasteiger partial charge in [-0.3, -0.25) is 0 Å². The molecule has 3 N–H and O–H groups in total. The predicted molar refractivity (Wildman–Crippen MR) is 164 cm³/mol. The van der Waals surface area contributed by atoms with Gasteiger partial charge in [-0.25, -0.2) is 0 Å². The summed E-state index contributed by atoms with van der Waals surface area (Å²) in [5, 5.41) is 16.0. The number of nitrogens with one attached hydrogen (secondary N) is 2. The maximum Gasteiger partial charge on any atom is 0.118 e. The van der Waals surface area contributed by atoms with E-state index >= 15 is 0 Å². The number of hydrogen-bond donors (Lipinski definition) is 3. The molecule has 0 spiro atoms. The third kappa shape index (κ3) is 9.07. The van der Waals surface area contributed by atoms with E-state index in [2.05, 4.69) is 81.7 Å². The molecular formula is C34H48N2O4. The Morgan fingerprint density at radius 3 is 1.62 bits per heavy atom. The molecule has 218 valence electrons. The fourth-order valence-electron chi connectivity index (χ4n) is 4.73. The van der Waals surface area contributed by atoms with Crippen LogP contribution in [0.4, 0.5) is 0 Å². The van der Waals surface area contributed by atoms with Crippen LogP contribution >= 0.6 is 0 Å². The number of ether oxygens (including phenoxy) is 3. The molecule has 0 aliphatic carbocycles. The molecule has 2 saturated heterocycles. The van der Waals surface area contributed by atoms with Crippen LogP contribution in [0.5, 0.6) is 11.5 Å². The Hall–Kier alpha value is -2.90. The largest absolute Gasteiger partial charge is 0.508 e. The molecule has 0 saturated carbocycles. The highest BCUT2D eigenvalue weighted by molar-refractivity contribution is 5.46. The smallest absolute Gasteiger partial charge is 0.118 e. The van der Waals surface area contributed by atoms with Gasteiger partial charge in [0.1, 0.15) is 11.5 Å². The van der Waals surface area contributed by atoms with Crippen molar-refractivity contribution >= 4 is 0 Å². The first kappa shape index (κ1) is 31.6. The molecule has 0 bridgehead atoms. The van der Waals surface area contributed by atoms with Crippen molar-refractivity contribution in [1.29, 1.82) is 0 Å². The first-order chi connectivity index (χ1) is 19.1. The number of phenolic OH excluding ortho intramolecular Hbond substituents is 1. The molecule has 3 aromatic rings. The monoisotopic (exact) mass is 548 g/mol. The van der Waals surface area contributed by atoms with E-state index < -0.39 is 0 Å². The molecule has 6 nitrogen and oxygen atoms in total. The molecule has 40 heavy (non-hydrogen) atoms. The highest BCUT2D eigenvalue weighted by atomic mass is 16.5. The lowest BCUT2D eigenvalue weighted by Gasteiger charge is -2.31. The van der Waals surface area contributed by atoms with Gasteiger partial charge in [-0.2, -0.15) is 0 Å². The molecule has 5 rings (SSSR count). The average Bonchev–Trinajstić information content (AvgIpc) is 2.99. The van der Waals surface area contributed by atoms with E-state index in [1.165, 1.54) is 22.3 Å². The van der Waals surface area contributed by atoms with Crippen LogP contribution < -0.4 is 15.4 Å². The highest BCUT2D eigenvalue weighted by Crippen LogP contribution is 2.37. The van der Waals surface area contributed by atoms with E-state index in [1.807, 2.05) is 24.3 Å². The van der Waals surface area contributed by atoms with Gasteiger partial charge in [-0.1, -0.05) is 76.2 Å². The second-order valence-electron chi connectivity index (χ2n) is 11.4.